The zero-order chi connectivity index (χ0) is 13.5. The third kappa shape index (κ3) is 2.43. The van der Waals surface area contributed by atoms with Crippen molar-refractivity contribution in [3.63, 3.8) is 0 Å². The highest BCUT2D eigenvalue weighted by molar-refractivity contribution is 5.83. The molecule has 2 aromatic rings. The molecule has 2 heterocycles. The normalized spacial score (nSPS) is 18.8. The lowest BCUT2D eigenvalue weighted by molar-refractivity contribution is 0.352. The van der Waals surface area contributed by atoms with E-state index in [1.807, 2.05) is 0 Å². The highest BCUT2D eigenvalue weighted by atomic mass is 15.3. The molecule has 0 amide bonds. The van der Waals surface area contributed by atoms with Crippen LogP contribution in [-0.2, 0) is 0 Å². The van der Waals surface area contributed by atoms with Crippen molar-refractivity contribution in [3.05, 3.63) is 35.9 Å². The van der Waals surface area contributed by atoms with Crippen molar-refractivity contribution >= 4 is 16.7 Å². The van der Waals surface area contributed by atoms with E-state index in [0.717, 1.165) is 31.0 Å². The predicted molar refractivity (Wildman–Crippen MR) is 80.8 cm³/mol. The number of para-hydroxylation sites is 1. The molecule has 1 fully saturated rings. The molecule has 0 radical (unpaired) electrons. The number of piperazine rings is 1. The average molecular weight is 255 g/mol. The summed E-state index contributed by atoms with van der Waals surface area (Å²) in [5.41, 5.74) is 2.52. The van der Waals surface area contributed by atoms with E-state index in [1.54, 1.807) is 0 Å². The van der Waals surface area contributed by atoms with Crippen molar-refractivity contribution in [1.29, 1.82) is 0 Å². The van der Waals surface area contributed by atoms with E-state index < -0.39 is 0 Å². The lowest BCUT2D eigenvalue weighted by Gasteiger charge is -2.39. The molecule has 1 aromatic carbocycles. The quantitative estimate of drug-likeness (QED) is 0.849. The number of aromatic nitrogens is 1. The molecule has 0 saturated carbocycles. The molecule has 3 heteroatoms. The van der Waals surface area contributed by atoms with Crippen LogP contribution < -0.4 is 10.2 Å². The minimum atomic E-state index is 0.153. The van der Waals surface area contributed by atoms with E-state index >= 15 is 0 Å². The molecule has 1 aliphatic rings. The van der Waals surface area contributed by atoms with E-state index in [1.165, 1.54) is 10.9 Å². The number of hydrogen-bond acceptors (Lipinski definition) is 3. The van der Waals surface area contributed by atoms with Crippen LogP contribution in [0.15, 0.2) is 30.3 Å². The van der Waals surface area contributed by atoms with Crippen LogP contribution >= 0.6 is 0 Å². The number of hydrogen-bond donors (Lipinski definition) is 1. The average Bonchev–Trinajstić information content (AvgIpc) is 2.38. The monoisotopic (exact) mass is 255 g/mol. The lowest BCUT2D eigenvalue weighted by Crippen LogP contribution is -2.57. The summed E-state index contributed by atoms with van der Waals surface area (Å²) < 4.78 is 0. The minimum absolute atomic E-state index is 0.153. The summed E-state index contributed by atoms with van der Waals surface area (Å²) in [6, 6.07) is 10.7. The molecule has 100 valence electrons. The molecule has 1 N–H and O–H groups in total. The van der Waals surface area contributed by atoms with E-state index in [0.29, 0.717) is 0 Å². The van der Waals surface area contributed by atoms with E-state index in [9.17, 15) is 0 Å². The first kappa shape index (κ1) is 12.4. The van der Waals surface area contributed by atoms with Crippen molar-refractivity contribution in [2.24, 2.45) is 0 Å². The van der Waals surface area contributed by atoms with Gasteiger partial charge in [-0.3, -0.25) is 0 Å². The molecule has 1 aliphatic heterocycles. The molecule has 0 aliphatic carbocycles. The molecule has 1 aromatic heterocycles. The summed E-state index contributed by atoms with van der Waals surface area (Å²) in [7, 11) is 0. The second-order valence-electron chi connectivity index (χ2n) is 6.05. The number of benzene rings is 1. The SMILES string of the molecule is Cc1cccc2ccc(N3CCNC(C)(C)C3)nc12. The first-order chi connectivity index (χ1) is 9.05. The molecular formula is C16H21N3. The first-order valence-electron chi connectivity index (χ1n) is 6.92. The standard InChI is InChI=1S/C16H21N3/c1-12-5-4-6-13-7-8-14(18-15(12)13)19-10-9-17-16(2,3)11-19/h4-8,17H,9-11H2,1-3H3. The van der Waals surface area contributed by atoms with Crippen LogP contribution in [0.2, 0.25) is 0 Å². The molecular weight excluding hydrogens is 234 g/mol. The number of rotatable bonds is 1. The third-order valence-electron chi connectivity index (χ3n) is 3.80. The van der Waals surface area contributed by atoms with Crippen LogP contribution in [0.4, 0.5) is 5.82 Å². The maximum atomic E-state index is 4.86. The molecule has 0 atom stereocenters. The Labute approximate surface area is 114 Å². The van der Waals surface area contributed by atoms with Crippen LogP contribution in [0.3, 0.4) is 0 Å². The van der Waals surface area contributed by atoms with Gasteiger partial charge < -0.3 is 10.2 Å². The van der Waals surface area contributed by atoms with Crippen molar-refractivity contribution in [1.82, 2.24) is 10.3 Å². The van der Waals surface area contributed by atoms with Gasteiger partial charge in [-0.2, -0.15) is 0 Å². The van der Waals surface area contributed by atoms with Crippen LogP contribution in [0.25, 0.3) is 10.9 Å². The fourth-order valence-electron chi connectivity index (χ4n) is 2.80. The molecule has 0 bridgehead atoms. The second-order valence-corrected chi connectivity index (χ2v) is 6.05. The topological polar surface area (TPSA) is 28.2 Å². The summed E-state index contributed by atoms with van der Waals surface area (Å²) in [5.74, 6) is 1.09. The molecule has 1 saturated heterocycles. The lowest BCUT2D eigenvalue weighted by atomic mass is 10.0. The Morgan fingerprint density at radius 3 is 2.84 bits per heavy atom. The van der Waals surface area contributed by atoms with Gasteiger partial charge in [-0.05, 0) is 38.5 Å². The van der Waals surface area contributed by atoms with Crippen LogP contribution in [0.1, 0.15) is 19.4 Å². The second kappa shape index (κ2) is 4.49. The maximum Gasteiger partial charge on any atom is 0.129 e. The van der Waals surface area contributed by atoms with E-state index in [-0.39, 0.29) is 5.54 Å². The largest absolute Gasteiger partial charge is 0.353 e. The Hall–Kier alpha value is -1.61. The fraction of sp³-hybridized carbons (Fsp3) is 0.438. The number of anilines is 1. The Balaban J connectivity index is 1.99. The van der Waals surface area contributed by atoms with Gasteiger partial charge in [-0.15, -0.1) is 0 Å². The van der Waals surface area contributed by atoms with Crippen LogP contribution in [0, 0.1) is 6.92 Å². The Bertz CT molecular complexity index is 604. The molecule has 0 spiro atoms. The minimum Gasteiger partial charge on any atom is -0.353 e. The van der Waals surface area contributed by atoms with Gasteiger partial charge >= 0.3 is 0 Å². The van der Waals surface area contributed by atoms with Gasteiger partial charge in [0.2, 0.25) is 0 Å². The summed E-state index contributed by atoms with van der Waals surface area (Å²) in [6.45, 7) is 9.64. The molecule has 0 unspecified atom stereocenters. The highest BCUT2D eigenvalue weighted by Crippen LogP contribution is 2.23. The van der Waals surface area contributed by atoms with E-state index in [2.05, 4.69) is 61.3 Å². The Morgan fingerprint density at radius 2 is 2.05 bits per heavy atom. The van der Waals surface area contributed by atoms with Crippen LogP contribution in [0.5, 0.6) is 0 Å². The first-order valence-corrected chi connectivity index (χ1v) is 6.92. The smallest absolute Gasteiger partial charge is 0.129 e. The van der Waals surface area contributed by atoms with E-state index in [4.69, 9.17) is 4.98 Å². The summed E-state index contributed by atoms with van der Waals surface area (Å²) in [5, 5.41) is 4.76. The van der Waals surface area contributed by atoms with Crippen molar-refractivity contribution in [2.45, 2.75) is 26.3 Å². The number of fused-ring (bicyclic) bond motifs is 1. The van der Waals surface area contributed by atoms with Gasteiger partial charge in [-0.1, -0.05) is 18.2 Å². The summed E-state index contributed by atoms with van der Waals surface area (Å²) >= 11 is 0. The summed E-state index contributed by atoms with van der Waals surface area (Å²) in [4.78, 5) is 7.24. The van der Waals surface area contributed by atoms with Crippen molar-refractivity contribution in [2.75, 3.05) is 24.5 Å². The van der Waals surface area contributed by atoms with Gasteiger partial charge in [0, 0.05) is 30.6 Å². The molecule has 19 heavy (non-hydrogen) atoms. The maximum absolute atomic E-state index is 4.86. The van der Waals surface area contributed by atoms with Gasteiger partial charge in [0.25, 0.3) is 0 Å². The number of nitrogens with one attached hydrogen (secondary N) is 1. The zero-order valence-corrected chi connectivity index (χ0v) is 11.9. The van der Waals surface area contributed by atoms with Gasteiger partial charge in [0.15, 0.2) is 0 Å². The van der Waals surface area contributed by atoms with Crippen molar-refractivity contribution < 1.29 is 0 Å². The van der Waals surface area contributed by atoms with Gasteiger partial charge in [-0.25, -0.2) is 4.98 Å². The highest BCUT2D eigenvalue weighted by Gasteiger charge is 2.26. The number of pyridine rings is 1. The number of nitrogens with zero attached hydrogens (tertiary/aromatic N) is 2. The summed E-state index contributed by atoms with van der Waals surface area (Å²) in [6.07, 6.45) is 0. The Morgan fingerprint density at radius 1 is 1.21 bits per heavy atom. The predicted octanol–water partition coefficient (Wildman–Crippen LogP) is 2.73. The third-order valence-corrected chi connectivity index (χ3v) is 3.80. The fourth-order valence-corrected chi connectivity index (χ4v) is 2.80. The molecule has 3 rings (SSSR count). The zero-order valence-electron chi connectivity index (χ0n) is 11.9. The van der Waals surface area contributed by atoms with Gasteiger partial charge in [0.1, 0.15) is 5.82 Å². The molecule has 3 nitrogen and oxygen atoms in total. The number of aryl methyl sites for hydroxylation is 1. The van der Waals surface area contributed by atoms with Crippen LogP contribution in [-0.4, -0.2) is 30.2 Å². The van der Waals surface area contributed by atoms with Crippen molar-refractivity contribution in [3.8, 4) is 0 Å². The van der Waals surface area contributed by atoms with Gasteiger partial charge in [0.05, 0.1) is 5.52 Å². The Kier molecular flexibility index (Phi) is 2.94.